The Balaban J connectivity index is 2.05. The van der Waals surface area contributed by atoms with E-state index in [9.17, 15) is 28.0 Å². The number of alkyl halides is 3. The smallest absolute Gasteiger partial charge is 0.307 e. The van der Waals surface area contributed by atoms with Crippen molar-refractivity contribution in [2.75, 3.05) is 0 Å². The molecule has 0 bridgehead atoms. The van der Waals surface area contributed by atoms with Crippen LogP contribution in [0.1, 0.15) is 21.5 Å². The molecule has 0 saturated heterocycles. The summed E-state index contributed by atoms with van der Waals surface area (Å²) < 4.78 is 40.1. The van der Waals surface area contributed by atoms with E-state index in [4.69, 9.17) is 11.6 Å². The van der Waals surface area contributed by atoms with Crippen molar-refractivity contribution in [1.29, 1.82) is 0 Å². The number of hydrogen-bond donors (Lipinski definition) is 1. The van der Waals surface area contributed by atoms with Crippen molar-refractivity contribution in [3.05, 3.63) is 45.6 Å². The zero-order valence-electron chi connectivity index (χ0n) is 12.3. The standard InChI is InChI=1S/C14H10ClF3N3O3S/c15-13-19-6-7(25-13)5-9-20-4-2-1-3-8(20)11(22)10(21(9)24)12(23)14(16,17)18/h1-4,6,9-10,24H,5H2/q+1. The molecule has 3 heterocycles. The first-order valence-electron chi connectivity index (χ1n) is 6.93. The summed E-state index contributed by atoms with van der Waals surface area (Å²) in [6.07, 6.45) is -3.48. The molecule has 2 unspecified atom stereocenters. The molecule has 0 radical (unpaired) electrons. The van der Waals surface area contributed by atoms with E-state index in [2.05, 4.69) is 4.98 Å². The summed E-state index contributed by atoms with van der Waals surface area (Å²) in [6, 6.07) is 1.98. The largest absolute Gasteiger partial charge is 0.452 e. The van der Waals surface area contributed by atoms with Crippen molar-refractivity contribution >= 4 is 34.5 Å². The van der Waals surface area contributed by atoms with E-state index in [0.29, 0.717) is 4.88 Å². The maximum Gasteiger partial charge on any atom is 0.452 e. The highest BCUT2D eigenvalue weighted by atomic mass is 35.5. The summed E-state index contributed by atoms with van der Waals surface area (Å²) in [5.74, 6) is -3.44. The van der Waals surface area contributed by atoms with E-state index in [-0.39, 0.29) is 21.6 Å². The highest BCUT2D eigenvalue weighted by molar-refractivity contribution is 7.15. The van der Waals surface area contributed by atoms with E-state index in [1.54, 1.807) is 6.07 Å². The Kier molecular flexibility index (Phi) is 4.62. The van der Waals surface area contributed by atoms with Crippen molar-refractivity contribution in [2.24, 2.45) is 0 Å². The van der Waals surface area contributed by atoms with Gasteiger partial charge in [-0.05, 0) is 6.07 Å². The molecule has 3 rings (SSSR count). The SMILES string of the molecule is O=C1c2cccc[n+]2C(Cc2cnc(Cl)s2)N(O)C1C(=O)C(F)(F)F. The summed E-state index contributed by atoms with van der Waals surface area (Å²) in [6.45, 7) is 0. The lowest BCUT2D eigenvalue weighted by atomic mass is 9.99. The van der Waals surface area contributed by atoms with Gasteiger partial charge in [0.25, 0.3) is 17.3 Å². The molecule has 2 aromatic heterocycles. The van der Waals surface area contributed by atoms with Crippen LogP contribution in [-0.2, 0) is 11.2 Å². The number of carbonyl (C=O) groups is 2. The number of halogens is 4. The molecule has 0 spiro atoms. The number of carbonyl (C=O) groups excluding carboxylic acids is 2. The van der Waals surface area contributed by atoms with Crippen molar-refractivity contribution in [1.82, 2.24) is 10.0 Å². The van der Waals surface area contributed by atoms with Gasteiger partial charge in [-0.1, -0.05) is 11.6 Å². The van der Waals surface area contributed by atoms with Crippen LogP contribution in [0.4, 0.5) is 13.2 Å². The summed E-state index contributed by atoms with van der Waals surface area (Å²) in [4.78, 5) is 28.4. The lowest BCUT2D eigenvalue weighted by molar-refractivity contribution is -0.762. The molecule has 6 nitrogen and oxygen atoms in total. The molecule has 1 aliphatic rings. The number of ketones is 2. The van der Waals surface area contributed by atoms with Crippen LogP contribution in [0.25, 0.3) is 0 Å². The average Bonchev–Trinajstić information content (AvgIpc) is 2.96. The van der Waals surface area contributed by atoms with Crippen LogP contribution in [0.2, 0.25) is 4.47 Å². The number of rotatable bonds is 3. The molecule has 0 fully saturated rings. The van der Waals surface area contributed by atoms with Crippen LogP contribution in [0, 0.1) is 0 Å². The van der Waals surface area contributed by atoms with Gasteiger partial charge < -0.3 is 5.21 Å². The van der Waals surface area contributed by atoms with E-state index >= 15 is 0 Å². The van der Waals surface area contributed by atoms with Crippen molar-refractivity contribution < 1.29 is 32.5 Å². The predicted molar refractivity (Wildman–Crippen MR) is 79.3 cm³/mol. The average molecular weight is 393 g/mol. The summed E-state index contributed by atoms with van der Waals surface area (Å²) in [5, 5.41) is 10.4. The van der Waals surface area contributed by atoms with Crippen LogP contribution >= 0.6 is 22.9 Å². The Morgan fingerprint density at radius 2 is 2.16 bits per heavy atom. The third-order valence-corrected chi connectivity index (χ3v) is 4.86. The number of aromatic nitrogens is 2. The molecule has 0 aliphatic carbocycles. The summed E-state index contributed by atoms with van der Waals surface area (Å²) >= 11 is 6.83. The van der Waals surface area contributed by atoms with Gasteiger partial charge in [0.15, 0.2) is 16.7 Å². The van der Waals surface area contributed by atoms with Gasteiger partial charge in [-0.15, -0.1) is 16.4 Å². The first kappa shape index (κ1) is 17.9. The van der Waals surface area contributed by atoms with E-state index in [0.717, 1.165) is 11.3 Å². The minimum Gasteiger partial charge on any atom is -0.307 e. The minimum absolute atomic E-state index is 0.0114. The number of thiazole rings is 1. The van der Waals surface area contributed by atoms with Crippen molar-refractivity contribution in [3.63, 3.8) is 0 Å². The highest BCUT2D eigenvalue weighted by Gasteiger charge is 2.56. The van der Waals surface area contributed by atoms with Crippen LogP contribution < -0.4 is 4.57 Å². The van der Waals surface area contributed by atoms with Gasteiger partial charge in [0.1, 0.15) is 0 Å². The maximum absolute atomic E-state index is 12.8. The summed E-state index contributed by atoms with van der Waals surface area (Å²) in [7, 11) is 0. The van der Waals surface area contributed by atoms with Gasteiger partial charge in [0.2, 0.25) is 6.17 Å². The summed E-state index contributed by atoms with van der Waals surface area (Å²) in [5.41, 5.74) is -0.101. The van der Waals surface area contributed by atoms with E-state index in [1.807, 2.05) is 0 Å². The number of hydroxylamine groups is 2. The fraction of sp³-hybridized carbons (Fsp3) is 0.286. The number of fused-ring (bicyclic) bond motifs is 1. The Morgan fingerprint density at radius 3 is 2.76 bits per heavy atom. The van der Waals surface area contributed by atoms with Gasteiger partial charge >= 0.3 is 6.18 Å². The molecule has 1 aliphatic heterocycles. The Hall–Kier alpha value is -1.88. The second-order valence-corrected chi connectivity index (χ2v) is 6.96. The molecule has 1 N–H and O–H groups in total. The molecular formula is C14H10ClF3N3O3S+. The molecule has 0 aromatic carbocycles. The molecular weight excluding hydrogens is 383 g/mol. The maximum atomic E-state index is 12.8. The van der Waals surface area contributed by atoms with Crippen LogP contribution in [-0.4, -0.2) is 39.0 Å². The normalized spacial score (nSPS) is 21.2. The van der Waals surface area contributed by atoms with Gasteiger partial charge in [0, 0.05) is 23.2 Å². The molecule has 0 saturated carbocycles. The Bertz CT molecular complexity index is 842. The minimum atomic E-state index is -5.25. The zero-order valence-corrected chi connectivity index (χ0v) is 13.8. The predicted octanol–water partition coefficient (Wildman–Crippen LogP) is 2.21. The molecule has 2 atom stereocenters. The number of nitrogens with zero attached hydrogens (tertiary/aromatic N) is 3. The fourth-order valence-electron chi connectivity index (χ4n) is 2.63. The first-order chi connectivity index (χ1) is 11.7. The Morgan fingerprint density at radius 1 is 1.44 bits per heavy atom. The molecule has 11 heteroatoms. The zero-order chi connectivity index (χ0) is 18.4. The van der Waals surface area contributed by atoms with Crippen LogP contribution in [0.3, 0.4) is 0 Å². The molecule has 25 heavy (non-hydrogen) atoms. The lowest BCUT2D eigenvalue weighted by Gasteiger charge is -2.31. The highest BCUT2D eigenvalue weighted by Crippen LogP contribution is 2.29. The van der Waals surface area contributed by atoms with E-state index in [1.165, 1.54) is 29.1 Å². The van der Waals surface area contributed by atoms with E-state index < -0.39 is 30.0 Å². The van der Waals surface area contributed by atoms with Crippen LogP contribution in [0.15, 0.2) is 30.6 Å². The fourth-order valence-corrected chi connectivity index (χ4v) is 3.63. The van der Waals surface area contributed by atoms with Crippen molar-refractivity contribution in [3.8, 4) is 0 Å². The van der Waals surface area contributed by atoms with Crippen LogP contribution in [0.5, 0.6) is 0 Å². The Labute approximate surface area is 148 Å². The van der Waals surface area contributed by atoms with Gasteiger partial charge in [0.05, 0.1) is 6.42 Å². The first-order valence-corrected chi connectivity index (χ1v) is 8.12. The quantitative estimate of drug-likeness (QED) is 0.640. The number of pyridine rings is 1. The molecule has 2 aromatic rings. The van der Waals surface area contributed by atoms with Gasteiger partial charge in [-0.2, -0.15) is 17.7 Å². The second-order valence-electron chi connectivity index (χ2n) is 5.27. The second kappa shape index (κ2) is 6.45. The van der Waals surface area contributed by atoms with Gasteiger partial charge in [-0.25, -0.2) is 4.98 Å². The number of Topliss-reactive ketones (excluding diaryl/α,β-unsaturated/α-hetero) is 2. The van der Waals surface area contributed by atoms with Crippen molar-refractivity contribution in [2.45, 2.75) is 24.8 Å². The van der Waals surface area contributed by atoms with Gasteiger partial charge in [-0.3, -0.25) is 9.59 Å². The lowest BCUT2D eigenvalue weighted by Crippen LogP contribution is -2.66. The topological polar surface area (TPSA) is 74.4 Å². The third-order valence-electron chi connectivity index (χ3n) is 3.72. The number of hydrogen-bond acceptors (Lipinski definition) is 6. The molecule has 132 valence electrons. The molecule has 0 amide bonds. The third kappa shape index (κ3) is 3.30. The monoisotopic (exact) mass is 392 g/mol.